The van der Waals surface area contributed by atoms with Crippen LogP contribution in [0.25, 0.3) is 0 Å². The molecule has 1 aromatic heterocycles. The Bertz CT molecular complexity index is 845. The molecule has 2 rings (SSSR count). The van der Waals surface area contributed by atoms with Crippen molar-refractivity contribution in [2.24, 2.45) is 0 Å². The van der Waals surface area contributed by atoms with Crippen molar-refractivity contribution in [1.82, 2.24) is 9.78 Å². The molecule has 0 aliphatic carbocycles. The van der Waals surface area contributed by atoms with E-state index in [9.17, 15) is 8.42 Å². The summed E-state index contributed by atoms with van der Waals surface area (Å²) in [6.45, 7) is 7.54. The van der Waals surface area contributed by atoms with Crippen LogP contribution in [0.15, 0.2) is 29.2 Å². The van der Waals surface area contributed by atoms with Gasteiger partial charge in [0.05, 0.1) is 33.6 Å². The molecular formula is C15H18N4O2S. The lowest BCUT2D eigenvalue weighted by Gasteiger charge is -2.10. The van der Waals surface area contributed by atoms with Gasteiger partial charge >= 0.3 is 0 Å². The van der Waals surface area contributed by atoms with Gasteiger partial charge in [-0.25, -0.2) is 8.42 Å². The van der Waals surface area contributed by atoms with Crippen molar-refractivity contribution in [2.75, 3.05) is 4.72 Å². The molecule has 7 heteroatoms. The predicted octanol–water partition coefficient (Wildman–Crippen LogP) is 2.75. The van der Waals surface area contributed by atoms with E-state index in [1.807, 2.05) is 26.8 Å². The van der Waals surface area contributed by atoms with Crippen molar-refractivity contribution < 1.29 is 8.42 Å². The van der Waals surface area contributed by atoms with Crippen LogP contribution >= 0.6 is 0 Å². The van der Waals surface area contributed by atoms with E-state index in [-0.39, 0.29) is 10.9 Å². The molecule has 0 bridgehead atoms. The predicted molar refractivity (Wildman–Crippen MR) is 84.1 cm³/mol. The highest BCUT2D eigenvalue weighted by molar-refractivity contribution is 7.92. The van der Waals surface area contributed by atoms with Gasteiger partial charge in [0.15, 0.2) is 0 Å². The largest absolute Gasteiger partial charge is 0.276 e. The molecule has 0 aliphatic rings. The van der Waals surface area contributed by atoms with E-state index < -0.39 is 10.0 Å². The second-order valence-electron chi connectivity index (χ2n) is 5.33. The van der Waals surface area contributed by atoms with Crippen LogP contribution in [0, 0.1) is 25.2 Å². The van der Waals surface area contributed by atoms with Gasteiger partial charge < -0.3 is 0 Å². The summed E-state index contributed by atoms with van der Waals surface area (Å²) in [5.74, 6) is 0. The lowest BCUT2D eigenvalue weighted by Crippen LogP contribution is -2.14. The Morgan fingerprint density at radius 3 is 2.55 bits per heavy atom. The van der Waals surface area contributed by atoms with Crippen molar-refractivity contribution in [1.29, 1.82) is 5.26 Å². The van der Waals surface area contributed by atoms with Crippen molar-refractivity contribution in [3.63, 3.8) is 0 Å². The maximum absolute atomic E-state index is 12.5. The first-order valence-electron chi connectivity index (χ1n) is 6.85. The van der Waals surface area contributed by atoms with Crippen LogP contribution in [0.2, 0.25) is 0 Å². The number of nitrogens with zero attached hydrogens (tertiary/aromatic N) is 3. The normalized spacial score (nSPS) is 11.5. The monoisotopic (exact) mass is 318 g/mol. The first-order valence-corrected chi connectivity index (χ1v) is 8.33. The summed E-state index contributed by atoms with van der Waals surface area (Å²) >= 11 is 0. The Hall–Kier alpha value is -2.33. The maximum atomic E-state index is 12.5. The van der Waals surface area contributed by atoms with Crippen LogP contribution in [-0.4, -0.2) is 18.2 Å². The number of nitrogens with one attached hydrogen (secondary N) is 1. The highest BCUT2D eigenvalue weighted by atomic mass is 32.2. The summed E-state index contributed by atoms with van der Waals surface area (Å²) in [4.78, 5) is 0.0580. The van der Waals surface area contributed by atoms with Gasteiger partial charge in [0.2, 0.25) is 0 Å². The number of rotatable bonds is 4. The number of hydrogen-bond donors (Lipinski definition) is 1. The molecule has 22 heavy (non-hydrogen) atoms. The van der Waals surface area contributed by atoms with Crippen molar-refractivity contribution in [3.05, 3.63) is 41.2 Å². The molecule has 0 unspecified atom stereocenters. The fourth-order valence-corrected chi connectivity index (χ4v) is 3.46. The highest BCUT2D eigenvalue weighted by Gasteiger charge is 2.20. The minimum absolute atomic E-state index is 0.0580. The Balaban J connectivity index is 2.44. The zero-order valence-electron chi connectivity index (χ0n) is 13.0. The molecule has 2 aromatic rings. The summed E-state index contributed by atoms with van der Waals surface area (Å²) in [7, 11) is -3.76. The third kappa shape index (κ3) is 2.97. The average molecular weight is 318 g/mol. The van der Waals surface area contributed by atoms with E-state index in [0.29, 0.717) is 16.9 Å². The summed E-state index contributed by atoms with van der Waals surface area (Å²) in [6, 6.07) is 7.99. The Kier molecular flexibility index (Phi) is 4.24. The number of aryl methyl sites for hydroxylation is 1. The lowest BCUT2D eigenvalue weighted by molar-refractivity contribution is 0.516. The Morgan fingerprint density at radius 2 is 2.00 bits per heavy atom. The second kappa shape index (κ2) is 5.81. The van der Waals surface area contributed by atoms with Crippen LogP contribution < -0.4 is 4.72 Å². The van der Waals surface area contributed by atoms with Crippen LogP contribution in [0.4, 0.5) is 5.69 Å². The number of sulfonamides is 1. The SMILES string of the molecule is Cc1nn(C(C)C)c(C)c1NS(=O)(=O)c1cccc(C#N)c1. The van der Waals surface area contributed by atoms with E-state index in [1.54, 1.807) is 23.7 Å². The van der Waals surface area contributed by atoms with Gasteiger partial charge in [0, 0.05) is 6.04 Å². The third-order valence-electron chi connectivity index (χ3n) is 3.32. The molecule has 0 saturated carbocycles. The number of benzene rings is 1. The van der Waals surface area contributed by atoms with E-state index in [1.165, 1.54) is 12.1 Å². The van der Waals surface area contributed by atoms with Crippen LogP contribution in [0.5, 0.6) is 0 Å². The molecule has 1 aromatic carbocycles. The quantitative estimate of drug-likeness (QED) is 0.939. The van der Waals surface area contributed by atoms with Gasteiger partial charge in [-0.2, -0.15) is 10.4 Å². The number of nitriles is 1. The molecule has 6 nitrogen and oxygen atoms in total. The van der Waals surface area contributed by atoms with Gasteiger partial charge in [0.25, 0.3) is 10.0 Å². The number of hydrogen-bond acceptors (Lipinski definition) is 4. The summed E-state index contributed by atoms with van der Waals surface area (Å²) < 4.78 is 29.3. The topological polar surface area (TPSA) is 87.8 Å². The van der Waals surface area contributed by atoms with Gasteiger partial charge in [-0.3, -0.25) is 9.40 Å². The second-order valence-corrected chi connectivity index (χ2v) is 7.01. The molecule has 116 valence electrons. The fraction of sp³-hybridized carbons (Fsp3) is 0.333. The molecule has 0 radical (unpaired) electrons. The first-order chi connectivity index (χ1) is 10.3. The first kappa shape index (κ1) is 16.0. The zero-order chi connectivity index (χ0) is 16.5. The van der Waals surface area contributed by atoms with Crippen LogP contribution in [-0.2, 0) is 10.0 Å². The van der Waals surface area contributed by atoms with Crippen LogP contribution in [0.1, 0.15) is 36.8 Å². The van der Waals surface area contributed by atoms with Crippen molar-refractivity contribution in [3.8, 4) is 6.07 Å². The standard InChI is InChI=1S/C15H18N4O2S/c1-10(2)19-12(4)15(11(3)17-19)18-22(20,21)14-7-5-6-13(8-14)9-16/h5-8,10,18H,1-4H3. The van der Waals surface area contributed by atoms with E-state index in [2.05, 4.69) is 9.82 Å². The summed E-state index contributed by atoms with van der Waals surface area (Å²) in [5.41, 5.74) is 2.16. The third-order valence-corrected chi connectivity index (χ3v) is 4.67. The highest BCUT2D eigenvalue weighted by Crippen LogP contribution is 2.25. The smallest absolute Gasteiger partial charge is 0.262 e. The van der Waals surface area contributed by atoms with Crippen molar-refractivity contribution in [2.45, 2.75) is 38.6 Å². The Labute approximate surface area is 130 Å². The molecule has 0 fully saturated rings. The van der Waals surface area contributed by atoms with Gasteiger partial charge in [-0.05, 0) is 45.9 Å². The minimum Gasteiger partial charge on any atom is -0.276 e. The molecule has 0 spiro atoms. The summed E-state index contributed by atoms with van der Waals surface area (Å²) in [6.07, 6.45) is 0. The molecule has 0 aliphatic heterocycles. The molecule has 0 saturated heterocycles. The van der Waals surface area contributed by atoms with E-state index >= 15 is 0 Å². The fourth-order valence-electron chi connectivity index (χ4n) is 2.24. The van der Waals surface area contributed by atoms with E-state index in [4.69, 9.17) is 5.26 Å². The van der Waals surface area contributed by atoms with Gasteiger partial charge in [-0.15, -0.1) is 0 Å². The van der Waals surface area contributed by atoms with Gasteiger partial charge in [-0.1, -0.05) is 6.07 Å². The minimum atomic E-state index is -3.76. The average Bonchev–Trinajstić information content (AvgIpc) is 2.75. The molecule has 1 heterocycles. The Morgan fingerprint density at radius 1 is 1.32 bits per heavy atom. The molecule has 0 atom stereocenters. The number of aromatic nitrogens is 2. The molecule has 1 N–H and O–H groups in total. The van der Waals surface area contributed by atoms with Gasteiger partial charge in [0.1, 0.15) is 0 Å². The van der Waals surface area contributed by atoms with Crippen molar-refractivity contribution >= 4 is 15.7 Å². The zero-order valence-corrected chi connectivity index (χ0v) is 13.8. The molecule has 0 amide bonds. The lowest BCUT2D eigenvalue weighted by atomic mass is 10.2. The molecular weight excluding hydrogens is 300 g/mol. The van der Waals surface area contributed by atoms with E-state index in [0.717, 1.165) is 5.69 Å². The maximum Gasteiger partial charge on any atom is 0.262 e. The number of anilines is 1. The van der Waals surface area contributed by atoms with Crippen LogP contribution in [0.3, 0.4) is 0 Å². The summed E-state index contributed by atoms with van der Waals surface area (Å²) in [5, 5.41) is 13.3.